The Bertz CT molecular complexity index is 617. The first kappa shape index (κ1) is 14.3. The van der Waals surface area contributed by atoms with Gasteiger partial charge in [0.05, 0.1) is 0 Å². The van der Waals surface area contributed by atoms with E-state index in [0.29, 0.717) is 11.6 Å². The summed E-state index contributed by atoms with van der Waals surface area (Å²) in [6, 6.07) is 14.4. The highest BCUT2D eigenvalue weighted by atomic mass is 19.1. The number of halogens is 1. The van der Waals surface area contributed by atoms with E-state index in [1.165, 1.54) is 18.4 Å². The minimum atomic E-state index is -0.140. The molecule has 0 spiro atoms. The first-order valence-corrected chi connectivity index (χ1v) is 7.87. The van der Waals surface area contributed by atoms with Gasteiger partial charge in [0, 0.05) is 18.2 Å². The Kier molecular flexibility index (Phi) is 4.35. The van der Waals surface area contributed by atoms with Crippen LogP contribution in [0, 0.1) is 5.82 Å². The van der Waals surface area contributed by atoms with Gasteiger partial charge in [-0.15, -0.1) is 0 Å². The van der Waals surface area contributed by atoms with Crippen molar-refractivity contribution in [3.8, 4) is 11.1 Å². The van der Waals surface area contributed by atoms with Gasteiger partial charge < -0.3 is 5.32 Å². The molecule has 1 aliphatic carbocycles. The second kappa shape index (κ2) is 6.40. The topological polar surface area (TPSA) is 12.0 Å². The molecule has 0 bridgehead atoms. The molecule has 0 atom stereocenters. The minimum absolute atomic E-state index is 0.140. The van der Waals surface area contributed by atoms with Crippen molar-refractivity contribution in [3.63, 3.8) is 0 Å². The van der Waals surface area contributed by atoms with Crippen molar-refractivity contribution in [2.24, 2.45) is 0 Å². The highest BCUT2D eigenvalue weighted by molar-refractivity contribution is 5.65. The zero-order valence-corrected chi connectivity index (χ0v) is 12.5. The van der Waals surface area contributed by atoms with Gasteiger partial charge in [0.25, 0.3) is 0 Å². The molecule has 2 aromatic rings. The number of hydrogen-bond donors (Lipinski definition) is 1. The second-order valence-corrected chi connectivity index (χ2v) is 5.92. The van der Waals surface area contributed by atoms with E-state index in [4.69, 9.17) is 0 Å². The molecule has 0 saturated heterocycles. The number of nitrogens with one attached hydrogen (secondary N) is 1. The standard InChI is InChI=1S/C19H22FN/c1-2-4-14-5-3-6-16(11-14)18-12-15(7-10-19(18)20)13-21-17-8-9-17/h3,5-7,10-12,17,21H,2,4,8-9,13H2,1H3. The number of hydrogen-bond acceptors (Lipinski definition) is 1. The summed E-state index contributed by atoms with van der Waals surface area (Å²) in [5, 5.41) is 3.48. The summed E-state index contributed by atoms with van der Waals surface area (Å²) in [6.07, 6.45) is 4.69. The predicted molar refractivity (Wildman–Crippen MR) is 85.7 cm³/mol. The third-order valence-corrected chi connectivity index (χ3v) is 3.98. The Morgan fingerprint density at radius 1 is 1.10 bits per heavy atom. The Hall–Kier alpha value is -1.67. The third kappa shape index (κ3) is 3.70. The van der Waals surface area contributed by atoms with Crippen molar-refractivity contribution >= 4 is 0 Å². The number of benzene rings is 2. The van der Waals surface area contributed by atoms with Crippen LogP contribution in [0.25, 0.3) is 11.1 Å². The Morgan fingerprint density at radius 2 is 1.95 bits per heavy atom. The molecule has 0 radical (unpaired) electrons. The lowest BCUT2D eigenvalue weighted by Gasteiger charge is -2.09. The fourth-order valence-corrected chi connectivity index (χ4v) is 2.64. The van der Waals surface area contributed by atoms with Crippen molar-refractivity contribution in [1.82, 2.24) is 5.32 Å². The molecule has 2 aromatic carbocycles. The van der Waals surface area contributed by atoms with Crippen LogP contribution in [-0.2, 0) is 13.0 Å². The first-order chi connectivity index (χ1) is 10.3. The molecule has 1 nitrogen and oxygen atoms in total. The maximum atomic E-state index is 14.2. The Labute approximate surface area is 126 Å². The summed E-state index contributed by atoms with van der Waals surface area (Å²) in [6.45, 7) is 2.99. The molecule has 1 aliphatic rings. The molecule has 1 saturated carbocycles. The highest BCUT2D eigenvalue weighted by Crippen LogP contribution is 2.26. The number of aryl methyl sites for hydroxylation is 1. The van der Waals surface area contributed by atoms with Gasteiger partial charge in [0.2, 0.25) is 0 Å². The van der Waals surface area contributed by atoms with E-state index in [1.807, 2.05) is 24.3 Å². The zero-order chi connectivity index (χ0) is 14.7. The minimum Gasteiger partial charge on any atom is -0.310 e. The van der Waals surface area contributed by atoms with Crippen LogP contribution in [0.15, 0.2) is 42.5 Å². The maximum absolute atomic E-state index is 14.2. The fraction of sp³-hybridized carbons (Fsp3) is 0.368. The monoisotopic (exact) mass is 283 g/mol. The molecule has 0 aliphatic heterocycles. The average molecular weight is 283 g/mol. The second-order valence-electron chi connectivity index (χ2n) is 5.92. The van der Waals surface area contributed by atoms with E-state index < -0.39 is 0 Å². The van der Waals surface area contributed by atoms with Crippen molar-refractivity contribution in [2.45, 2.75) is 45.2 Å². The van der Waals surface area contributed by atoms with Gasteiger partial charge >= 0.3 is 0 Å². The lowest BCUT2D eigenvalue weighted by molar-refractivity contribution is 0.628. The van der Waals surface area contributed by atoms with Gasteiger partial charge in [-0.2, -0.15) is 0 Å². The largest absolute Gasteiger partial charge is 0.310 e. The van der Waals surface area contributed by atoms with Gasteiger partial charge in [-0.05, 0) is 48.1 Å². The van der Waals surface area contributed by atoms with Crippen molar-refractivity contribution in [3.05, 3.63) is 59.4 Å². The molecule has 0 heterocycles. The van der Waals surface area contributed by atoms with E-state index in [9.17, 15) is 4.39 Å². The van der Waals surface area contributed by atoms with Crippen LogP contribution in [0.4, 0.5) is 4.39 Å². The SMILES string of the molecule is CCCc1cccc(-c2cc(CNC3CC3)ccc2F)c1. The third-order valence-electron chi connectivity index (χ3n) is 3.98. The molecule has 0 aromatic heterocycles. The van der Waals surface area contributed by atoms with Crippen LogP contribution in [0.5, 0.6) is 0 Å². The molecule has 3 rings (SSSR count). The van der Waals surface area contributed by atoms with Gasteiger partial charge in [-0.25, -0.2) is 4.39 Å². The van der Waals surface area contributed by atoms with E-state index in [1.54, 1.807) is 6.07 Å². The van der Waals surface area contributed by atoms with Crippen LogP contribution < -0.4 is 5.32 Å². The molecule has 2 heteroatoms. The van der Waals surface area contributed by atoms with Crippen LogP contribution in [0.3, 0.4) is 0 Å². The maximum Gasteiger partial charge on any atom is 0.131 e. The van der Waals surface area contributed by atoms with Crippen molar-refractivity contribution in [2.75, 3.05) is 0 Å². The van der Waals surface area contributed by atoms with Crippen LogP contribution in [0.1, 0.15) is 37.3 Å². The van der Waals surface area contributed by atoms with Gasteiger partial charge in [0.15, 0.2) is 0 Å². The lowest BCUT2D eigenvalue weighted by atomic mass is 9.99. The smallest absolute Gasteiger partial charge is 0.131 e. The Balaban J connectivity index is 1.85. The summed E-state index contributed by atoms with van der Waals surface area (Å²) in [5.74, 6) is -0.140. The summed E-state index contributed by atoms with van der Waals surface area (Å²) in [5.41, 5.74) is 4.12. The molecular formula is C19H22FN. The molecule has 1 N–H and O–H groups in total. The summed E-state index contributed by atoms with van der Waals surface area (Å²) < 4.78 is 14.2. The van der Waals surface area contributed by atoms with Gasteiger partial charge in [0.1, 0.15) is 5.82 Å². The van der Waals surface area contributed by atoms with Crippen molar-refractivity contribution in [1.29, 1.82) is 0 Å². The highest BCUT2D eigenvalue weighted by Gasteiger charge is 2.20. The van der Waals surface area contributed by atoms with Crippen LogP contribution in [0.2, 0.25) is 0 Å². The average Bonchev–Trinajstić information content (AvgIpc) is 3.31. The van der Waals surface area contributed by atoms with E-state index in [2.05, 4.69) is 24.4 Å². The molecular weight excluding hydrogens is 261 g/mol. The molecule has 0 amide bonds. The molecule has 21 heavy (non-hydrogen) atoms. The van der Waals surface area contributed by atoms with Gasteiger partial charge in [-0.3, -0.25) is 0 Å². The molecule has 1 fully saturated rings. The van der Waals surface area contributed by atoms with Crippen molar-refractivity contribution < 1.29 is 4.39 Å². The molecule has 110 valence electrons. The lowest BCUT2D eigenvalue weighted by Crippen LogP contribution is -2.15. The fourth-order valence-electron chi connectivity index (χ4n) is 2.64. The molecule has 0 unspecified atom stereocenters. The zero-order valence-electron chi connectivity index (χ0n) is 12.5. The predicted octanol–water partition coefficient (Wildman–Crippen LogP) is 4.70. The summed E-state index contributed by atoms with van der Waals surface area (Å²) >= 11 is 0. The summed E-state index contributed by atoms with van der Waals surface area (Å²) in [4.78, 5) is 0. The van der Waals surface area contributed by atoms with E-state index in [0.717, 1.165) is 30.5 Å². The van der Waals surface area contributed by atoms with E-state index in [-0.39, 0.29) is 5.82 Å². The van der Waals surface area contributed by atoms with Gasteiger partial charge in [-0.1, -0.05) is 43.7 Å². The van der Waals surface area contributed by atoms with Crippen LogP contribution >= 0.6 is 0 Å². The summed E-state index contributed by atoms with van der Waals surface area (Å²) in [7, 11) is 0. The number of rotatable bonds is 6. The van der Waals surface area contributed by atoms with Crippen LogP contribution in [-0.4, -0.2) is 6.04 Å². The normalized spacial score (nSPS) is 14.4. The van der Waals surface area contributed by atoms with E-state index >= 15 is 0 Å². The first-order valence-electron chi connectivity index (χ1n) is 7.87. The quantitative estimate of drug-likeness (QED) is 0.810. The Morgan fingerprint density at radius 3 is 2.71 bits per heavy atom.